The summed E-state index contributed by atoms with van der Waals surface area (Å²) in [6.07, 6.45) is 1.50. The Labute approximate surface area is 112 Å². The fraction of sp³-hybridized carbons (Fsp3) is 0.167. The van der Waals surface area contributed by atoms with Crippen LogP contribution in [0, 0.1) is 0 Å². The summed E-state index contributed by atoms with van der Waals surface area (Å²) in [5, 5.41) is 1.39. The van der Waals surface area contributed by atoms with Gasteiger partial charge in [0.2, 0.25) is 0 Å². The van der Waals surface area contributed by atoms with Gasteiger partial charge in [-0.15, -0.1) is 0 Å². The molecule has 0 amide bonds. The number of carbonyl (C=O) groups is 1. The van der Waals surface area contributed by atoms with Crippen LogP contribution >= 0.6 is 27.5 Å². The first kappa shape index (κ1) is 12.3. The van der Waals surface area contributed by atoms with Crippen molar-refractivity contribution in [3.05, 3.63) is 39.5 Å². The second-order valence-electron chi connectivity index (χ2n) is 3.37. The van der Waals surface area contributed by atoms with E-state index in [-0.39, 0.29) is 0 Å². The molecule has 0 bridgehead atoms. The molecule has 0 saturated heterocycles. The first-order chi connectivity index (χ1) is 8.13. The van der Waals surface area contributed by atoms with Crippen molar-refractivity contribution < 1.29 is 9.53 Å². The van der Waals surface area contributed by atoms with Gasteiger partial charge < -0.3 is 4.74 Å². The first-order valence-electron chi connectivity index (χ1n) is 5.04. The summed E-state index contributed by atoms with van der Waals surface area (Å²) < 4.78 is 5.60. The van der Waals surface area contributed by atoms with Crippen LogP contribution in [0.3, 0.4) is 0 Å². The lowest BCUT2D eigenvalue weighted by Crippen LogP contribution is -2.06. The van der Waals surface area contributed by atoms with Gasteiger partial charge in [0.05, 0.1) is 17.7 Å². The average Bonchev–Trinajstić information content (AvgIpc) is 2.30. The number of ether oxygens (including phenoxy) is 1. The smallest absolute Gasteiger partial charge is 0.340 e. The zero-order valence-electron chi connectivity index (χ0n) is 9.04. The number of benzene rings is 1. The van der Waals surface area contributed by atoms with E-state index < -0.39 is 5.97 Å². The maximum Gasteiger partial charge on any atom is 0.340 e. The summed E-state index contributed by atoms with van der Waals surface area (Å²) in [4.78, 5) is 15.9. The number of halogens is 2. The minimum Gasteiger partial charge on any atom is -0.462 e. The van der Waals surface area contributed by atoms with E-state index in [0.717, 1.165) is 10.9 Å². The zero-order chi connectivity index (χ0) is 12.4. The van der Waals surface area contributed by atoms with Crippen LogP contribution in [0.2, 0.25) is 5.02 Å². The van der Waals surface area contributed by atoms with E-state index in [1.165, 1.54) is 6.20 Å². The molecule has 0 aliphatic rings. The molecule has 2 aromatic rings. The molecule has 1 aromatic carbocycles. The Morgan fingerprint density at radius 3 is 3.00 bits per heavy atom. The van der Waals surface area contributed by atoms with Crippen LogP contribution in [0.25, 0.3) is 10.9 Å². The summed E-state index contributed by atoms with van der Waals surface area (Å²) in [6, 6.07) is 5.32. The highest BCUT2D eigenvalue weighted by Crippen LogP contribution is 2.28. The summed E-state index contributed by atoms with van der Waals surface area (Å²) >= 11 is 9.31. The zero-order valence-corrected chi connectivity index (χ0v) is 11.4. The lowest BCUT2D eigenvalue weighted by Gasteiger charge is -2.06. The lowest BCUT2D eigenvalue weighted by atomic mass is 10.1. The van der Waals surface area contributed by atoms with E-state index in [1.54, 1.807) is 25.1 Å². The Balaban J connectivity index is 2.60. The van der Waals surface area contributed by atoms with Crippen molar-refractivity contribution in [2.75, 3.05) is 6.61 Å². The molecule has 3 nitrogen and oxygen atoms in total. The summed E-state index contributed by atoms with van der Waals surface area (Å²) in [7, 11) is 0. The van der Waals surface area contributed by atoms with E-state index >= 15 is 0 Å². The van der Waals surface area contributed by atoms with E-state index in [4.69, 9.17) is 16.3 Å². The van der Waals surface area contributed by atoms with Gasteiger partial charge in [0.15, 0.2) is 0 Å². The number of fused-ring (bicyclic) bond motifs is 1. The molecule has 0 spiro atoms. The molecule has 5 heteroatoms. The number of carbonyl (C=O) groups excluding carboxylic acids is 1. The lowest BCUT2D eigenvalue weighted by molar-refractivity contribution is 0.0525. The number of hydrogen-bond donors (Lipinski definition) is 0. The third-order valence-electron chi connectivity index (χ3n) is 2.26. The van der Waals surface area contributed by atoms with Crippen LogP contribution < -0.4 is 0 Å². The van der Waals surface area contributed by atoms with Gasteiger partial charge in [-0.2, -0.15) is 0 Å². The second-order valence-corrected chi connectivity index (χ2v) is 4.60. The van der Waals surface area contributed by atoms with Crippen LogP contribution in [0.15, 0.2) is 28.9 Å². The van der Waals surface area contributed by atoms with E-state index in [9.17, 15) is 4.79 Å². The Hall–Kier alpha value is -1.13. The second kappa shape index (κ2) is 5.02. The van der Waals surface area contributed by atoms with Crippen LogP contribution in [0.4, 0.5) is 0 Å². The Morgan fingerprint density at radius 1 is 1.53 bits per heavy atom. The fourth-order valence-electron chi connectivity index (χ4n) is 1.48. The van der Waals surface area contributed by atoms with E-state index in [0.29, 0.717) is 21.7 Å². The van der Waals surface area contributed by atoms with Crippen molar-refractivity contribution in [3.8, 4) is 0 Å². The minimum atomic E-state index is -0.395. The predicted octanol–water partition coefficient (Wildman–Crippen LogP) is 3.83. The summed E-state index contributed by atoms with van der Waals surface area (Å²) in [5.74, 6) is -0.395. The third kappa shape index (κ3) is 2.42. The van der Waals surface area contributed by atoms with Crippen LogP contribution in [-0.2, 0) is 4.74 Å². The largest absolute Gasteiger partial charge is 0.462 e. The standard InChI is InChI=1S/C12H9BrClNO2/c1-2-17-12(16)9-6-15-10-4-3-7(14)5-8(10)11(9)13/h3-6H,2H2,1H3. The van der Waals surface area contributed by atoms with E-state index in [2.05, 4.69) is 20.9 Å². The van der Waals surface area contributed by atoms with E-state index in [1.807, 2.05) is 0 Å². The van der Waals surface area contributed by atoms with Crippen molar-refractivity contribution in [2.24, 2.45) is 0 Å². The highest BCUT2D eigenvalue weighted by molar-refractivity contribution is 9.10. The SMILES string of the molecule is CCOC(=O)c1cnc2ccc(Cl)cc2c1Br. The van der Waals surface area contributed by atoms with Crippen molar-refractivity contribution in [2.45, 2.75) is 6.92 Å². The molecule has 0 aliphatic heterocycles. The molecule has 1 aromatic heterocycles. The molecular formula is C12H9BrClNO2. The van der Waals surface area contributed by atoms with Gasteiger partial charge in [0.1, 0.15) is 0 Å². The number of aromatic nitrogens is 1. The molecule has 0 fully saturated rings. The van der Waals surface area contributed by atoms with Crippen molar-refractivity contribution in [1.82, 2.24) is 4.98 Å². The molecule has 17 heavy (non-hydrogen) atoms. The van der Waals surface area contributed by atoms with Gasteiger partial charge in [-0.3, -0.25) is 4.98 Å². The molecule has 0 N–H and O–H groups in total. The third-order valence-corrected chi connectivity index (χ3v) is 3.35. The van der Waals surface area contributed by atoms with Gasteiger partial charge in [0.25, 0.3) is 0 Å². The number of rotatable bonds is 2. The molecule has 0 radical (unpaired) electrons. The Kier molecular flexibility index (Phi) is 3.64. The molecular weight excluding hydrogens is 305 g/mol. The molecule has 2 rings (SSSR count). The average molecular weight is 315 g/mol. The number of nitrogens with zero attached hydrogens (tertiary/aromatic N) is 1. The molecule has 1 heterocycles. The van der Waals surface area contributed by atoms with Gasteiger partial charge in [-0.05, 0) is 41.1 Å². The van der Waals surface area contributed by atoms with Crippen LogP contribution in [0.5, 0.6) is 0 Å². The topological polar surface area (TPSA) is 39.2 Å². The minimum absolute atomic E-state index is 0.332. The van der Waals surface area contributed by atoms with Crippen molar-refractivity contribution in [3.63, 3.8) is 0 Å². The molecule has 0 saturated carbocycles. The van der Waals surface area contributed by atoms with Gasteiger partial charge in [-0.25, -0.2) is 4.79 Å². The number of pyridine rings is 1. The van der Waals surface area contributed by atoms with Gasteiger partial charge in [-0.1, -0.05) is 11.6 Å². The Morgan fingerprint density at radius 2 is 2.29 bits per heavy atom. The molecule has 0 unspecified atom stereocenters. The monoisotopic (exact) mass is 313 g/mol. The molecule has 88 valence electrons. The molecule has 0 atom stereocenters. The summed E-state index contributed by atoms with van der Waals surface area (Å²) in [6.45, 7) is 2.09. The van der Waals surface area contributed by atoms with Crippen molar-refractivity contribution in [1.29, 1.82) is 0 Å². The maximum atomic E-state index is 11.7. The quantitative estimate of drug-likeness (QED) is 0.791. The van der Waals surface area contributed by atoms with Gasteiger partial charge >= 0.3 is 5.97 Å². The first-order valence-corrected chi connectivity index (χ1v) is 6.21. The molecule has 0 aliphatic carbocycles. The number of esters is 1. The Bertz CT molecular complexity index is 586. The highest BCUT2D eigenvalue weighted by Gasteiger charge is 2.14. The van der Waals surface area contributed by atoms with Crippen LogP contribution in [-0.4, -0.2) is 17.6 Å². The van der Waals surface area contributed by atoms with Crippen LogP contribution in [0.1, 0.15) is 17.3 Å². The fourth-order valence-corrected chi connectivity index (χ4v) is 2.24. The highest BCUT2D eigenvalue weighted by atomic mass is 79.9. The maximum absolute atomic E-state index is 11.7. The summed E-state index contributed by atoms with van der Waals surface area (Å²) in [5.41, 5.74) is 1.18. The van der Waals surface area contributed by atoms with Gasteiger partial charge in [0, 0.05) is 21.1 Å². The predicted molar refractivity (Wildman–Crippen MR) is 70.4 cm³/mol. The number of hydrogen-bond acceptors (Lipinski definition) is 3. The van der Waals surface area contributed by atoms with Crippen molar-refractivity contribution >= 4 is 44.4 Å². The normalized spacial score (nSPS) is 10.5.